The summed E-state index contributed by atoms with van der Waals surface area (Å²) in [5.74, 6) is -2.47. The van der Waals surface area contributed by atoms with Crippen LogP contribution in [0.5, 0.6) is 0 Å². The number of likely N-dealkylation sites (tertiary alicyclic amines) is 1. The molecule has 0 aromatic rings. The topological polar surface area (TPSA) is 95.9 Å². The van der Waals surface area contributed by atoms with E-state index in [-0.39, 0.29) is 48.2 Å². The Morgan fingerprint density at radius 1 is 1.14 bits per heavy atom. The predicted octanol–water partition coefficient (Wildman–Crippen LogP) is 4.33. The van der Waals surface area contributed by atoms with Gasteiger partial charge in [-0.25, -0.2) is 0 Å². The summed E-state index contributed by atoms with van der Waals surface area (Å²) in [4.78, 5) is 42.8. The molecule has 6 atom stereocenters. The maximum absolute atomic E-state index is 14.1. The first-order valence-corrected chi connectivity index (χ1v) is 13.8. The van der Waals surface area contributed by atoms with E-state index in [0.29, 0.717) is 6.42 Å². The summed E-state index contributed by atoms with van der Waals surface area (Å²) in [5.41, 5.74) is -0.485. The number of carbonyl (C=O) groups is 3. The van der Waals surface area contributed by atoms with Crippen molar-refractivity contribution in [3.63, 3.8) is 0 Å². The molecule has 1 fully saturated rings. The van der Waals surface area contributed by atoms with Gasteiger partial charge < -0.3 is 20.1 Å². The first kappa shape index (κ1) is 30.3. The highest BCUT2D eigenvalue weighted by Gasteiger charge is 2.59. The van der Waals surface area contributed by atoms with E-state index in [4.69, 9.17) is 4.74 Å². The summed E-state index contributed by atoms with van der Waals surface area (Å²) < 4.78 is 5.44. The van der Waals surface area contributed by atoms with E-state index in [1.165, 1.54) is 0 Å². The van der Waals surface area contributed by atoms with E-state index in [1.54, 1.807) is 11.8 Å². The fraction of sp³-hybridized carbons (Fsp3) is 0.828. The Morgan fingerprint density at radius 2 is 1.78 bits per heavy atom. The van der Waals surface area contributed by atoms with Crippen molar-refractivity contribution in [1.29, 1.82) is 0 Å². The molecule has 1 saturated heterocycles. The van der Waals surface area contributed by atoms with Crippen LogP contribution in [-0.2, 0) is 19.1 Å². The number of hydrogen-bond donors (Lipinski definition) is 2. The van der Waals surface area contributed by atoms with E-state index >= 15 is 0 Å². The van der Waals surface area contributed by atoms with Gasteiger partial charge in [0.25, 0.3) is 0 Å². The van der Waals surface area contributed by atoms with E-state index in [2.05, 4.69) is 33.0 Å². The Hall–Kier alpha value is -1.89. The lowest BCUT2D eigenvalue weighted by Gasteiger charge is -2.38. The number of rotatable bonds is 11. The SMILES string of the molecule is CCC[C@@H]1C=C[C@H]2[C@H](C(=O)N([C@@H](CO)CC(C)C)[C@@H]2C(=O)NC(C)(C)CC(C)(C)C)[C@@H]1C(=O)OCC. The molecule has 2 aliphatic rings. The number of carbonyl (C=O) groups excluding carboxylic acids is 3. The van der Waals surface area contributed by atoms with Gasteiger partial charge in [-0.1, -0.05) is 60.1 Å². The third-order valence-electron chi connectivity index (χ3n) is 7.28. The molecule has 0 unspecified atom stereocenters. The zero-order valence-electron chi connectivity index (χ0n) is 24.0. The highest BCUT2D eigenvalue weighted by atomic mass is 16.5. The molecule has 1 aliphatic heterocycles. The zero-order chi connectivity index (χ0) is 27.4. The lowest BCUT2D eigenvalue weighted by atomic mass is 9.68. The van der Waals surface area contributed by atoms with Crippen molar-refractivity contribution in [3.05, 3.63) is 12.2 Å². The minimum Gasteiger partial charge on any atom is -0.466 e. The highest BCUT2D eigenvalue weighted by Crippen LogP contribution is 2.47. The van der Waals surface area contributed by atoms with E-state index in [0.717, 1.165) is 19.3 Å². The Balaban J connectivity index is 2.55. The molecule has 0 bridgehead atoms. The summed E-state index contributed by atoms with van der Waals surface area (Å²) >= 11 is 0. The van der Waals surface area contributed by atoms with Crippen LogP contribution in [-0.4, -0.2) is 58.6 Å². The third-order valence-corrected chi connectivity index (χ3v) is 7.28. The molecule has 1 aliphatic carbocycles. The van der Waals surface area contributed by atoms with Crippen LogP contribution < -0.4 is 5.32 Å². The summed E-state index contributed by atoms with van der Waals surface area (Å²) in [6.07, 6.45) is 6.96. The molecule has 0 aromatic carbocycles. The third kappa shape index (κ3) is 7.11. The summed E-state index contributed by atoms with van der Waals surface area (Å²) in [6.45, 7) is 18.3. The number of fused-ring (bicyclic) bond motifs is 1. The van der Waals surface area contributed by atoms with Crippen LogP contribution in [0.2, 0.25) is 0 Å². The average Bonchev–Trinajstić information content (AvgIpc) is 3.02. The van der Waals surface area contributed by atoms with E-state index < -0.39 is 35.4 Å². The Bertz CT molecular complexity index is 813. The molecule has 206 valence electrons. The van der Waals surface area contributed by atoms with Gasteiger partial charge in [-0.05, 0) is 57.3 Å². The molecule has 2 amide bonds. The number of nitrogens with zero attached hydrogens (tertiary/aromatic N) is 1. The minimum atomic E-state index is -0.784. The number of aliphatic hydroxyl groups is 1. The Kier molecular flexibility index (Phi) is 10.2. The summed E-state index contributed by atoms with van der Waals surface area (Å²) in [5, 5.41) is 13.5. The summed E-state index contributed by atoms with van der Waals surface area (Å²) in [6, 6.07) is -1.28. The molecule has 0 saturated carbocycles. The molecular formula is C29H50N2O5. The number of aliphatic hydroxyl groups excluding tert-OH is 1. The van der Waals surface area contributed by atoms with Gasteiger partial charge in [0, 0.05) is 11.5 Å². The molecule has 1 heterocycles. The van der Waals surface area contributed by atoms with Crippen molar-refractivity contribution in [2.45, 2.75) is 106 Å². The van der Waals surface area contributed by atoms with Crippen LogP contribution in [0.15, 0.2) is 12.2 Å². The number of amides is 2. The molecule has 7 heteroatoms. The number of allylic oxidation sites excluding steroid dienone is 1. The molecule has 0 spiro atoms. The second-order valence-corrected chi connectivity index (χ2v) is 13.0. The maximum Gasteiger partial charge on any atom is 0.310 e. The van der Waals surface area contributed by atoms with Gasteiger partial charge in [0.2, 0.25) is 11.8 Å². The smallest absolute Gasteiger partial charge is 0.310 e. The first-order chi connectivity index (χ1) is 16.7. The van der Waals surface area contributed by atoms with Crippen molar-refractivity contribution >= 4 is 17.8 Å². The van der Waals surface area contributed by atoms with Crippen LogP contribution in [0.4, 0.5) is 0 Å². The fourth-order valence-corrected chi connectivity index (χ4v) is 6.61. The van der Waals surface area contributed by atoms with Gasteiger partial charge in [-0.3, -0.25) is 14.4 Å². The maximum atomic E-state index is 14.1. The van der Waals surface area contributed by atoms with Crippen molar-refractivity contribution in [1.82, 2.24) is 10.2 Å². The predicted molar refractivity (Wildman–Crippen MR) is 142 cm³/mol. The van der Waals surface area contributed by atoms with E-state index in [9.17, 15) is 19.5 Å². The van der Waals surface area contributed by atoms with Crippen molar-refractivity contribution in [2.24, 2.45) is 35.0 Å². The fourth-order valence-electron chi connectivity index (χ4n) is 6.61. The van der Waals surface area contributed by atoms with Gasteiger partial charge >= 0.3 is 5.97 Å². The second kappa shape index (κ2) is 12.1. The standard InChI is InChI=1S/C29H50N2O5/c1-10-12-19-13-14-21-23(22(19)27(35)36-11-2)26(34)31(20(16-32)15-18(3)4)24(21)25(33)30-29(8,9)17-28(5,6)7/h13-14,18-24,32H,10-12,15-17H2,1-9H3,(H,30,33)/t19-,20-,21+,22-,23+,24+/m1/s1. The average molecular weight is 507 g/mol. The normalized spacial score (nSPS) is 27.2. The zero-order valence-corrected chi connectivity index (χ0v) is 24.0. The number of nitrogens with one attached hydrogen (secondary N) is 1. The number of ether oxygens (including phenoxy) is 1. The second-order valence-electron chi connectivity index (χ2n) is 13.0. The van der Waals surface area contributed by atoms with Gasteiger partial charge in [0.15, 0.2) is 0 Å². The molecule has 2 rings (SSSR count). The lowest BCUT2D eigenvalue weighted by Crippen LogP contribution is -2.57. The molecule has 0 radical (unpaired) electrons. The monoisotopic (exact) mass is 506 g/mol. The van der Waals surface area contributed by atoms with Crippen LogP contribution in [0, 0.1) is 35.0 Å². The van der Waals surface area contributed by atoms with Gasteiger partial charge in [0.05, 0.1) is 31.1 Å². The molecular weight excluding hydrogens is 456 g/mol. The molecule has 2 N–H and O–H groups in total. The highest BCUT2D eigenvalue weighted by molar-refractivity contribution is 5.96. The lowest BCUT2D eigenvalue weighted by molar-refractivity contribution is -0.156. The van der Waals surface area contributed by atoms with Crippen LogP contribution in [0.25, 0.3) is 0 Å². The number of esters is 1. The largest absolute Gasteiger partial charge is 0.466 e. The first-order valence-electron chi connectivity index (χ1n) is 13.8. The molecule has 0 aromatic heterocycles. The van der Waals surface area contributed by atoms with Crippen molar-refractivity contribution in [3.8, 4) is 0 Å². The van der Waals surface area contributed by atoms with Gasteiger partial charge in [-0.2, -0.15) is 0 Å². The van der Waals surface area contributed by atoms with Crippen molar-refractivity contribution < 1.29 is 24.2 Å². The summed E-state index contributed by atoms with van der Waals surface area (Å²) in [7, 11) is 0. The quantitative estimate of drug-likeness (QED) is 0.321. The van der Waals surface area contributed by atoms with Crippen molar-refractivity contribution in [2.75, 3.05) is 13.2 Å². The van der Waals surface area contributed by atoms with E-state index in [1.807, 2.05) is 39.8 Å². The van der Waals surface area contributed by atoms with Gasteiger partial charge in [-0.15, -0.1) is 0 Å². The Labute approximate surface area is 218 Å². The van der Waals surface area contributed by atoms with Crippen LogP contribution >= 0.6 is 0 Å². The molecule has 36 heavy (non-hydrogen) atoms. The Morgan fingerprint density at radius 3 is 2.28 bits per heavy atom. The minimum absolute atomic E-state index is 0.00287. The van der Waals surface area contributed by atoms with Crippen LogP contribution in [0.1, 0.15) is 88.0 Å². The van der Waals surface area contributed by atoms with Crippen LogP contribution in [0.3, 0.4) is 0 Å². The number of hydrogen-bond acceptors (Lipinski definition) is 5. The molecule has 7 nitrogen and oxygen atoms in total. The van der Waals surface area contributed by atoms with Gasteiger partial charge in [0.1, 0.15) is 6.04 Å².